The molecule has 3 amide bonds. The summed E-state index contributed by atoms with van der Waals surface area (Å²) in [5.41, 5.74) is 6.32. The van der Waals surface area contributed by atoms with E-state index in [1.54, 1.807) is 24.8 Å². The molecule has 8 heteroatoms. The number of likely N-dealkylation sites (tertiary alicyclic amines) is 1. The van der Waals surface area contributed by atoms with Crippen molar-refractivity contribution in [1.82, 2.24) is 15.5 Å². The molecule has 0 radical (unpaired) electrons. The molecule has 0 aromatic carbocycles. The van der Waals surface area contributed by atoms with Gasteiger partial charge in [0.25, 0.3) is 5.91 Å². The molecule has 2 heterocycles. The lowest BCUT2D eigenvalue weighted by molar-refractivity contribution is -0.134. The minimum absolute atomic E-state index is 0.0140. The number of rotatable bonds is 6. The number of amides is 3. The van der Waals surface area contributed by atoms with Crippen LogP contribution in [0, 0.1) is 19.8 Å². The van der Waals surface area contributed by atoms with Crippen molar-refractivity contribution in [3.05, 3.63) is 23.2 Å². The van der Waals surface area contributed by atoms with E-state index in [9.17, 15) is 14.4 Å². The van der Waals surface area contributed by atoms with E-state index >= 15 is 0 Å². The zero-order valence-electron chi connectivity index (χ0n) is 16.5. The smallest absolute Gasteiger partial charge is 0.255 e. The number of carbonyl (C=O) groups excluding carboxylic acids is 3. The third-order valence-corrected chi connectivity index (χ3v) is 4.90. The Bertz CT molecular complexity index is 690. The Morgan fingerprint density at radius 2 is 1.89 bits per heavy atom. The summed E-state index contributed by atoms with van der Waals surface area (Å²) in [6.45, 7) is 8.32. The van der Waals surface area contributed by atoms with E-state index in [2.05, 4.69) is 10.6 Å². The van der Waals surface area contributed by atoms with Gasteiger partial charge in [-0.15, -0.1) is 0 Å². The zero-order valence-corrected chi connectivity index (χ0v) is 16.5. The Labute approximate surface area is 159 Å². The third kappa shape index (κ3) is 5.56. The van der Waals surface area contributed by atoms with Crippen LogP contribution in [-0.2, 0) is 9.59 Å². The number of hydrogen-bond donors (Lipinski definition) is 3. The first kappa shape index (κ1) is 21.0. The maximum atomic E-state index is 12.3. The number of hydrogen-bond acceptors (Lipinski definition) is 5. The lowest BCUT2D eigenvalue weighted by Gasteiger charge is -2.32. The molecular weight excluding hydrogens is 348 g/mol. The topological polar surface area (TPSA) is 118 Å². The maximum Gasteiger partial charge on any atom is 0.255 e. The second-order valence-electron chi connectivity index (χ2n) is 7.44. The van der Waals surface area contributed by atoms with Crippen LogP contribution in [-0.4, -0.2) is 54.3 Å². The quantitative estimate of drug-likeness (QED) is 0.674. The summed E-state index contributed by atoms with van der Waals surface area (Å²) in [5.74, 6) is 0.730. The van der Waals surface area contributed by atoms with Crippen LogP contribution in [0.2, 0.25) is 0 Å². The Kier molecular flexibility index (Phi) is 7.01. The van der Waals surface area contributed by atoms with Crippen LogP contribution < -0.4 is 16.4 Å². The molecule has 1 fully saturated rings. The predicted molar refractivity (Wildman–Crippen MR) is 101 cm³/mol. The first-order valence-corrected chi connectivity index (χ1v) is 9.38. The number of nitrogens with zero attached hydrogens (tertiary/aromatic N) is 1. The first-order chi connectivity index (χ1) is 12.7. The highest BCUT2D eigenvalue weighted by Crippen LogP contribution is 2.16. The zero-order chi connectivity index (χ0) is 20.1. The molecule has 0 saturated carbocycles. The Morgan fingerprint density at radius 3 is 2.41 bits per heavy atom. The van der Waals surface area contributed by atoms with Crippen LogP contribution in [0.4, 0.5) is 0 Å². The summed E-state index contributed by atoms with van der Waals surface area (Å²) in [6, 6.07) is 1.13. The van der Waals surface area contributed by atoms with Gasteiger partial charge in [-0.3, -0.25) is 14.4 Å². The van der Waals surface area contributed by atoms with Crippen molar-refractivity contribution in [1.29, 1.82) is 0 Å². The van der Waals surface area contributed by atoms with Crippen LogP contribution >= 0.6 is 0 Å². The van der Waals surface area contributed by atoms with Crippen LogP contribution in [0.5, 0.6) is 0 Å². The highest BCUT2D eigenvalue weighted by Gasteiger charge is 2.26. The van der Waals surface area contributed by atoms with E-state index in [-0.39, 0.29) is 36.2 Å². The molecule has 0 bridgehead atoms. The molecule has 0 unspecified atom stereocenters. The first-order valence-electron chi connectivity index (χ1n) is 9.38. The molecule has 2 rings (SSSR count). The molecule has 0 spiro atoms. The van der Waals surface area contributed by atoms with Gasteiger partial charge in [0, 0.05) is 19.1 Å². The van der Waals surface area contributed by atoms with E-state index in [1.807, 2.05) is 13.8 Å². The Hall–Kier alpha value is -2.35. The fourth-order valence-corrected chi connectivity index (χ4v) is 3.09. The molecule has 1 saturated heterocycles. The fraction of sp³-hybridized carbons (Fsp3) is 0.632. The Balaban J connectivity index is 1.76. The minimum Gasteiger partial charge on any atom is -0.466 e. The summed E-state index contributed by atoms with van der Waals surface area (Å²) in [5, 5.41) is 5.60. The van der Waals surface area contributed by atoms with Gasteiger partial charge in [0.05, 0.1) is 18.2 Å². The van der Waals surface area contributed by atoms with Crippen molar-refractivity contribution in [3.63, 3.8) is 0 Å². The van der Waals surface area contributed by atoms with Gasteiger partial charge in [-0.2, -0.15) is 0 Å². The summed E-state index contributed by atoms with van der Waals surface area (Å²) in [6.07, 6.45) is 1.35. The average molecular weight is 378 g/mol. The molecule has 1 aliphatic heterocycles. The average Bonchev–Trinajstić information content (AvgIpc) is 2.97. The van der Waals surface area contributed by atoms with E-state index < -0.39 is 6.04 Å². The van der Waals surface area contributed by atoms with Crippen LogP contribution in [0.3, 0.4) is 0 Å². The molecule has 27 heavy (non-hydrogen) atoms. The van der Waals surface area contributed by atoms with E-state index in [1.165, 1.54) is 0 Å². The van der Waals surface area contributed by atoms with Crippen molar-refractivity contribution >= 4 is 17.7 Å². The van der Waals surface area contributed by atoms with Gasteiger partial charge in [-0.1, -0.05) is 13.8 Å². The molecule has 1 atom stereocenters. The molecule has 8 nitrogen and oxygen atoms in total. The monoisotopic (exact) mass is 378 g/mol. The number of carbonyl (C=O) groups is 3. The van der Waals surface area contributed by atoms with Crippen molar-refractivity contribution in [3.8, 4) is 0 Å². The highest BCUT2D eigenvalue weighted by molar-refractivity contribution is 5.95. The van der Waals surface area contributed by atoms with Crippen LogP contribution in [0.15, 0.2) is 10.5 Å². The van der Waals surface area contributed by atoms with Crippen molar-refractivity contribution < 1.29 is 18.8 Å². The molecule has 1 aromatic rings. The number of furan rings is 1. The fourth-order valence-electron chi connectivity index (χ4n) is 3.09. The van der Waals surface area contributed by atoms with Crippen molar-refractivity contribution in [2.45, 2.75) is 52.6 Å². The van der Waals surface area contributed by atoms with E-state index in [0.29, 0.717) is 43.0 Å². The number of nitrogens with two attached hydrogens (primary N) is 1. The van der Waals surface area contributed by atoms with Gasteiger partial charge < -0.3 is 25.7 Å². The van der Waals surface area contributed by atoms with Gasteiger partial charge >= 0.3 is 0 Å². The second kappa shape index (κ2) is 9.03. The van der Waals surface area contributed by atoms with Gasteiger partial charge in [0.1, 0.15) is 11.5 Å². The lowest BCUT2D eigenvalue weighted by Crippen LogP contribution is -2.51. The SMILES string of the molecule is Cc1cc(C(=O)NC2CCN(C(=O)CNC(=O)[C@@H](N)C(C)C)CC2)c(C)o1. The van der Waals surface area contributed by atoms with Gasteiger partial charge in [0.2, 0.25) is 11.8 Å². The van der Waals surface area contributed by atoms with Gasteiger partial charge in [0.15, 0.2) is 0 Å². The summed E-state index contributed by atoms with van der Waals surface area (Å²) < 4.78 is 5.39. The predicted octanol–water partition coefficient (Wildman–Crippen LogP) is 0.717. The molecule has 1 aromatic heterocycles. The normalized spacial score (nSPS) is 16.3. The number of piperidine rings is 1. The summed E-state index contributed by atoms with van der Waals surface area (Å²) in [7, 11) is 0. The molecule has 4 N–H and O–H groups in total. The van der Waals surface area contributed by atoms with E-state index in [4.69, 9.17) is 10.2 Å². The van der Waals surface area contributed by atoms with Crippen LogP contribution in [0.1, 0.15) is 48.6 Å². The van der Waals surface area contributed by atoms with Gasteiger partial charge in [-0.25, -0.2) is 0 Å². The molecular formula is C19H30N4O4. The highest BCUT2D eigenvalue weighted by atomic mass is 16.3. The largest absolute Gasteiger partial charge is 0.466 e. The summed E-state index contributed by atoms with van der Waals surface area (Å²) in [4.78, 5) is 38.2. The van der Waals surface area contributed by atoms with Crippen molar-refractivity contribution in [2.24, 2.45) is 11.7 Å². The Morgan fingerprint density at radius 1 is 1.26 bits per heavy atom. The molecule has 0 aliphatic carbocycles. The number of nitrogens with one attached hydrogen (secondary N) is 2. The second-order valence-corrected chi connectivity index (χ2v) is 7.44. The van der Waals surface area contributed by atoms with Crippen molar-refractivity contribution in [2.75, 3.05) is 19.6 Å². The summed E-state index contributed by atoms with van der Waals surface area (Å²) >= 11 is 0. The third-order valence-electron chi connectivity index (χ3n) is 4.90. The number of aryl methyl sites for hydroxylation is 2. The lowest BCUT2D eigenvalue weighted by atomic mass is 10.0. The standard InChI is InChI=1S/C19H30N4O4/c1-11(2)17(20)19(26)21-10-16(24)23-7-5-14(6-8-23)22-18(25)15-9-12(3)27-13(15)4/h9,11,14,17H,5-8,10,20H2,1-4H3,(H,21,26)(H,22,25)/t17-/m0/s1. The van der Waals surface area contributed by atoms with Gasteiger partial charge in [-0.05, 0) is 38.7 Å². The minimum atomic E-state index is -0.617. The van der Waals surface area contributed by atoms with E-state index in [0.717, 1.165) is 0 Å². The maximum absolute atomic E-state index is 12.3. The molecule has 1 aliphatic rings. The van der Waals surface area contributed by atoms with Crippen LogP contribution in [0.25, 0.3) is 0 Å². The molecule has 150 valence electrons.